The standard InChI is InChI=1S/C21H27N5O3/c1-6-17(26-14(3)11-13(2)24-26)18(27)22-16-9-7-15(8-10-16)12-25-19(28)21(4,5)23-20(25)29/h7-11,17H,6,12H2,1-5H3,(H,22,27)(H,23,29)/t17-/m0/s1. The Bertz CT molecular complexity index is 946. The van der Waals surface area contributed by atoms with Crippen LogP contribution in [0.1, 0.15) is 50.2 Å². The molecule has 8 nitrogen and oxygen atoms in total. The molecule has 0 unspecified atom stereocenters. The maximum atomic E-state index is 12.7. The van der Waals surface area contributed by atoms with Crippen molar-refractivity contribution in [3.63, 3.8) is 0 Å². The lowest BCUT2D eigenvalue weighted by Gasteiger charge is -2.18. The van der Waals surface area contributed by atoms with E-state index in [-0.39, 0.29) is 18.4 Å². The molecule has 2 N–H and O–H groups in total. The van der Waals surface area contributed by atoms with E-state index in [1.54, 1.807) is 42.8 Å². The highest BCUT2D eigenvalue weighted by molar-refractivity contribution is 6.06. The monoisotopic (exact) mass is 397 g/mol. The number of rotatable bonds is 6. The summed E-state index contributed by atoms with van der Waals surface area (Å²) in [4.78, 5) is 38.3. The molecule has 0 radical (unpaired) electrons. The lowest BCUT2D eigenvalue weighted by molar-refractivity contribution is -0.130. The van der Waals surface area contributed by atoms with Crippen LogP contribution in [0, 0.1) is 13.8 Å². The first-order chi connectivity index (χ1) is 13.6. The van der Waals surface area contributed by atoms with Gasteiger partial charge in [-0.25, -0.2) is 4.79 Å². The van der Waals surface area contributed by atoms with Crippen molar-refractivity contribution in [2.75, 3.05) is 5.32 Å². The predicted molar refractivity (Wildman–Crippen MR) is 109 cm³/mol. The number of benzene rings is 1. The smallest absolute Gasteiger partial charge is 0.324 e. The SMILES string of the molecule is CC[C@@H](C(=O)Nc1ccc(CN2C(=O)NC(C)(C)C2=O)cc1)n1nc(C)cc1C. The summed E-state index contributed by atoms with van der Waals surface area (Å²) in [7, 11) is 0. The first kappa shape index (κ1) is 20.6. The summed E-state index contributed by atoms with van der Waals surface area (Å²) >= 11 is 0. The molecule has 0 bridgehead atoms. The Kier molecular flexibility index (Phi) is 5.46. The zero-order valence-corrected chi connectivity index (χ0v) is 17.4. The number of aryl methyl sites for hydroxylation is 2. The van der Waals surface area contributed by atoms with E-state index in [2.05, 4.69) is 15.7 Å². The molecular weight excluding hydrogens is 370 g/mol. The number of urea groups is 1. The van der Waals surface area contributed by atoms with Crippen molar-refractivity contribution in [1.29, 1.82) is 0 Å². The van der Waals surface area contributed by atoms with Crippen molar-refractivity contribution in [3.8, 4) is 0 Å². The lowest BCUT2D eigenvalue weighted by atomic mass is 10.1. The fourth-order valence-corrected chi connectivity index (χ4v) is 3.49. The first-order valence-corrected chi connectivity index (χ1v) is 9.69. The maximum absolute atomic E-state index is 12.7. The van der Waals surface area contributed by atoms with Crippen molar-refractivity contribution in [2.24, 2.45) is 0 Å². The van der Waals surface area contributed by atoms with Crippen LogP contribution in [0.3, 0.4) is 0 Å². The minimum absolute atomic E-state index is 0.137. The summed E-state index contributed by atoms with van der Waals surface area (Å²) in [6.45, 7) is 9.33. The number of nitrogens with one attached hydrogen (secondary N) is 2. The molecule has 3 rings (SSSR count). The first-order valence-electron chi connectivity index (χ1n) is 9.69. The third-order valence-corrected chi connectivity index (χ3v) is 5.04. The van der Waals surface area contributed by atoms with E-state index < -0.39 is 17.6 Å². The molecule has 1 saturated heterocycles. The molecule has 0 spiro atoms. The number of aromatic nitrogens is 2. The minimum Gasteiger partial charge on any atom is -0.324 e. The summed E-state index contributed by atoms with van der Waals surface area (Å²) in [6.07, 6.45) is 0.619. The topological polar surface area (TPSA) is 96.3 Å². The van der Waals surface area contributed by atoms with E-state index in [1.807, 2.05) is 26.8 Å². The molecule has 1 aliphatic heterocycles. The van der Waals surface area contributed by atoms with Crippen LogP contribution in [-0.2, 0) is 16.1 Å². The second-order valence-corrected chi connectivity index (χ2v) is 7.93. The van der Waals surface area contributed by atoms with Crippen LogP contribution >= 0.6 is 0 Å². The Morgan fingerprint density at radius 1 is 1.21 bits per heavy atom. The van der Waals surface area contributed by atoms with Crippen molar-refractivity contribution in [3.05, 3.63) is 47.3 Å². The summed E-state index contributed by atoms with van der Waals surface area (Å²) in [6, 6.07) is 8.29. The van der Waals surface area contributed by atoms with Gasteiger partial charge in [-0.1, -0.05) is 19.1 Å². The molecule has 1 aliphatic rings. The molecule has 2 heterocycles. The van der Waals surface area contributed by atoms with E-state index >= 15 is 0 Å². The molecule has 154 valence electrons. The third kappa shape index (κ3) is 4.16. The fraction of sp³-hybridized carbons (Fsp3) is 0.429. The largest absolute Gasteiger partial charge is 0.325 e. The van der Waals surface area contributed by atoms with Crippen molar-refractivity contribution in [2.45, 2.75) is 59.2 Å². The van der Waals surface area contributed by atoms with Gasteiger partial charge in [-0.2, -0.15) is 5.10 Å². The van der Waals surface area contributed by atoms with E-state index in [4.69, 9.17) is 0 Å². The molecule has 2 aromatic rings. The molecule has 0 aliphatic carbocycles. The molecule has 1 aromatic carbocycles. The number of imide groups is 1. The van der Waals surface area contributed by atoms with Crippen molar-refractivity contribution >= 4 is 23.5 Å². The van der Waals surface area contributed by atoms with Crippen molar-refractivity contribution in [1.82, 2.24) is 20.0 Å². The van der Waals surface area contributed by atoms with Crippen LogP contribution in [0.5, 0.6) is 0 Å². The normalized spacial score (nSPS) is 16.7. The van der Waals surface area contributed by atoms with Crippen molar-refractivity contribution < 1.29 is 14.4 Å². The Morgan fingerprint density at radius 3 is 2.34 bits per heavy atom. The van der Waals surface area contributed by atoms with Gasteiger partial charge in [-0.05, 0) is 57.9 Å². The Balaban J connectivity index is 1.67. The number of anilines is 1. The number of hydrogen-bond donors (Lipinski definition) is 2. The molecular formula is C21H27N5O3. The summed E-state index contributed by atoms with van der Waals surface area (Å²) in [5.41, 5.74) is 2.38. The van der Waals surface area contributed by atoms with Crippen LogP contribution in [0.4, 0.5) is 10.5 Å². The average molecular weight is 397 g/mol. The number of amides is 4. The third-order valence-electron chi connectivity index (χ3n) is 5.04. The second-order valence-electron chi connectivity index (χ2n) is 7.93. The number of carbonyl (C=O) groups excluding carboxylic acids is 3. The minimum atomic E-state index is -0.886. The second kappa shape index (κ2) is 7.69. The van der Waals surface area contributed by atoms with E-state index in [0.29, 0.717) is 12.1 Å². The quantitative estimate of drug-likeness (QED) is 0.733. The van der Waals surface area contributed by atoms with Gasteiger partial charge in [0, 0.05) is 11.4 Å². The van der Waals surface area contributed by atoms with Crippen LogP contribution in [0.25, 0.3) is 0 Å². The van der Waals surface area contributed by atoms with Gasteiger partial charge in [0.15, 0.2) is 0 Å². The van der Waals surface area contributed by atoms with Gasteiger partial charge < -0.3 is 10.6 Å². The van der Waals surface area contributed by atoms with Gasteiger partial charge in [0.1, 0.15) is 11.6 Å². The molecule has 1 atom stereocenters. The maximum Gasteiger partial charge on any atom is 0.325 e. The van der Waals surface area contributed by atoms with Gasteiger partial charge in [0.05, 0.1) is 12.2 Å². The Hall–Kier alpha value is -3.16. The summed E-state index contributed by atoms with van der Waals surface area (Å²) in [5, 5.41) is 10.0. The number of nitrogens with zero attached hydrogens (tertiary/aromatic N) is 3. The average Bonchev–Trinajstić information content (AvgIpc) is 3.07. The summed E-state index contributed by atoms with van der Waals surface area (Å²) < 4.78 is 1.75. The molecule has 29 heavy (non-hydrogen) atoms. The highest BCUT2D eigenvalue weighted by Crippen LogP contribution is 2.21. The molecule has 1 aromatic heterocycles. The Labute approximate surface area is 170 Å². The van der Waals surface area contributed by atoms with E-state index in [9.17, 15) is 14.4 Å². The Morgan fingerprint density at radius 2 is 1.86 bits per heavy atom. The van der Waals surface area contributed by atoms with Gasteiger partial charge in [0.2, 0.25) is 5.91 Å². The van der Waals surface area contributed by atoms with Gasteiger partial charge in [0.25, 0.3) is 5.91 Å². The highest BCUT2D eigenvalue weighted by Gasteiger charge is 2.44. The zero-order chi connectivity index (χ0) is 21.3. The molecule has 0 saturated carbocycles. The van der Waals surface area contributed by atoms with Gasteiger partial charge in [-0.3, -0.25) is 19.2 Å². The molecule has 1 fully saturated rings. The van der Waals surface area contributed by atoms with Gasteiger partial charge in [-0.15, -0.1) is 0 Å². The van der Waals surface area contributed by atoms with Gasteiger partial charge >= 0.3 is 6.03 Å². The number of carbonyl (C=O) groups is 3. The van der Waals surface area contributed by atoms with E-state index in [0.717, 1.165) is 17.0 Å². The summed E-state index contributed by atoms with van der Waals surface area (Å²) in [5.74, 6) is -0.391. The van der Waals surface area contributed by atoms with E-state index in [1.165, 1.54) is 4.90 Å². The lowest BCUT2D eigenvalue weighted by Crippen LogP contribution is -2.40. The van der Waals surface area contributed by atoms with Crippen LogP contribution in [0.15, 0.2) is 30.3 Å². The fourth-order valence-electron chi connectivity index (χ4n) is 3.49. The number of hydrogen-bond acceptors (Lipinski definition) is 4. The van der Waals surface area contributed by atoms with Crippen LogP contribution in [0.2, 0.25) is 0 Å². The molecule has 4 amide bonds. The highest BCUT2D eigenvalue weighted by atomic mass is 16.2. The van der Waals surface area contributed by atoms with Crippen LogP contribution in [-0.4, -0.2) is 38.1 Å². The van der Waals surface area contributed by atoms with Crippen LogP contribution < -0.4 is 10.6 Å². The zero-order valence-electron chi connectivity index (χ0n) is 17.4. The predicted octanol–water partition coefficient (Wildman–Crippen LogP) is 2.92. The molecule has 8 heteroatoms.